The van der Waals surface area contributed by atoms with Crippen LogP contribution in [0.5, 0.6) is 0 Å². The Bertz CT molecular complexity index is 1050. The van der Waals surface area contributed by atoms with Crippen LogP contribution in [0.15, 0.2) is 53.4 Å². The van der Waals surface area contributed by atoms with Crippen molar-refractivity contribution >= 4 is 38.9 Å². The lowest BCUT2D eigenvalue weighted by Gasteiger charge is -2.12. The van der Waals surface area contributed by atoms with Gasteiger partial charge in [-0.15, -0.1) is 0 Å². The van der Waals surface area contributed by atoms with Crippen molar-refractivity contribution in [2.75, 3.05) is 22.6 Å². The van der Waals surface area contributed by atoms with Crippen molar-refractivity contribution in [3.63, 3.8) is 0 Å². The van der Waals surface area contributed by atoms with E-state index in [0.717, 1.165) is 11.9 Å². The van der Waals surface area contributed by atoms with Crippen LogP contribution in [0.25, 0.3) is 0 Å². The SMILES string of the molecule is Cc1cccc(Nc2cc(Nc3ccccc3S(C)(=O)=O)nc(N)n2)n1. The molecular weight excluding hydrogens is 352 g/mol. The number of nitrogen functional groups attached to an aromatic ring is 1. The minimum absolute atomic E-state index is 0.0435. The summed E-state index contributed by atoms with van der Waals surface area (Å²) in [5, 5.41) is 6.04. The van der Waals surface area contributed by atoms with Crippen LogP contribution >= 0.6 is 0 Å². The molecule has 8 nitrogen and oxygen atoms in total. The van der Waals surface area contributed by atoms with Crippen LogP contribution in [-0.4, -0.2) is 29.6 Å². The van der Waals surface area contributed by atoms with Crippen LogP contribution in [0.2, 0.25) is 0 Å². The van der Waals surface area contributed by atoms with E-state index in [9.17, 15) is 8.42 Å². The topological polar surface area (TPSA) is 123 Å². The molecule has 0 aliphatic heterocycles. The van der Waals surface area contributed by atoms with Crippen LogP contribution in [0.3, 0.4) is 0 Å². The van der Waals surface area contributed by atoms with Gasteiger partial charge in [0.1, 0.15) is 17.5 Å². The maximum Gasteiger partial charge on any atom is 0.223 e. The number of pyridine rings is 1. The summed E-state index contributed by atoms with van der Waals surface area (Å²) in [4.78, 5) is 12.8. The number of aryl methyl sites for hydroxylation is 1. The van der Waals surface area contributed by atoms with Crippen LogP contribution < -0.4 is 16.4 Å². The highest BCUT2D eigenvalue weighted by Crippen LogP contribution is 2.25. The molecule has 9 heteroatoms. The Kier molecular flexibility index (Phi) is 4.72. The summed E-state index contributed by atoms with van der Waals surface area (Å²) in [6, 6.07) is 13.8. The van der Waals surface area contributed by atoms with Gasteiger partial charge >= 0.3 is 0 Å². The number of aromatic nitrogens is 3. The number of sulfone groups is 1. The van der Waals surface area contributed by atoms with Crippen LogP contribution in [-0.2, 0) is 9.84 Å². The van der Waals surface area contributed by atoms with Gasteiger partial charge in [0.25, 0.3) is 0 Å². The summed E-state index contributed by atoms with van der Waals surface area (Å²) in [7, 11) is -3.39. The van der Waals surface area contributed by atoms with Gasteiger partial charge in [-0.2, -0.15) is 9.97 Å². The predicted molar refractivity (Wildman–Crippen MR) is 102 cm³/mol. The second-order valence-electron chi connectivity index (χ2n) is 5.68. The zero-order chi connectivity index (χ0) is 18.7. The average molecular weight is 370 g/mol. The van der Waals surface area contributed by atoms with E-state index in [1.54, 1.807) is 30.3 Å². The van der Waals surface area contributed by atoms with E-state index in [-0.39, 0.29) is 10.8 Å². The number of hydrogen-bond acceptors (Lipinski definition) is 8. The van der Waals surface area contributed by atoms with E-state index in [1.165, 1.54) is 6.07 Å². The highest BCUT2D eigenvalue weighted by Gasteiger charge is 2.13. The third-order valence-electron chi connectivity index (χ3n) is 3.44. The first-order valence-electron chi connectivity index (χ1n) is 7.72. The minimum atomic E-state index is -3.39. The molecule has 3 rings (SSSR count). The Morgan fingerprint density at radius 3 is 2.27 bits per heavy atom. The maximum absolute atomic E-state index is 11.9. The van der Waals surface area contributed by atoms with Gasteiger partial charge in [0.15, 0.2) is 9.84 Å². The first-order chi connectivity index (χ1) is 12.3. The van der Waals surface area contributed by atoms with Crippen LogP contribution in [0, 0.1) is 6.92 Å². The second-order valence-corrected chi connectivity index (χ2v) is 7.66. The largest absolute Gasteiger partial charge is 0.368 e. The summed E-state index contributed by atoms with van der Waals surface area (Å²) in [5.74, 6) is 1.46. The Hall–Kier alpha value is -3.20. The first-order valence-corrected chi connectivity index (χ1v) is 9.62. The van der Waals surface area contributed by atoms with E-state index in [0.29, 0.717) is 23.1 Å². The Morgan fingerprint density at radius 2 is 1.58 bits per heavy atom. The van der Waals surface area contributed by atoms with Gasteiger partial charge in [0.05, 0.1) is 10.6 Å². The van der Waals surface area contributed by atoms with Gasteiger partial charge in [-0.25, -0.2) is 13.4 Å². The summed E-state index contributed by atoms with van der Waals surface area (Å²) in [5.41, 5.74) is 7.05. The van der Waals surface area contributed by atoms with Crippen LogP contribution in [0.1, 0.15) is 5.69 Å². The number of rotatable bonds is 5. The van der Waals surface area contributed by atoms with E-state index in [1.807, 2.05) is 19.1 Å². The molecule has 0 fully saturated rings. The van der Waals surface area contributed by atoms with Gasteiger partial charge in [0.2, 0.25) is 5.95 Å². The number of benzene rings is 1. The molecule has 1 aromatic carbocycles. The smallest absolute Gasteiger partial charge is 0.223 e. The number of nitrogens with zero attached hydrogens (tertiary/aromatic N) is 3. The van der Waals surface area contributed by atoms with Crippen LogP contribution in [0.4, 0.5) is 29.1 Å². The molecule has 0 saturated carbocycles. The van der Waals surface area contributed by atoms with E-state index >= 15 is 0 Å². The predicted octanol–water partition coefficient (Wildman–Crippen LogP) is 2.65. The molecule has 2 aromatic heterocycles. The molecule has 0 bridgehead atoms. The molecule has 134 valence electrons. The standard InChI is InChI=1S/C17H18N6O2S/c1-11-6-5-9-14(19-11)21-16-10-15(22-17(18)23-16)20-12-7-3-4-8-13(12)26(2,24)25/h3-10H,1-2H3,(H4,18,19,20,21,22,23). The minimum Gasteiger partial charge on any atom is -0.368 e. The third kappa shape index (κ3) is 4.25. The van der Waals surface area contributed by atoms with Gasteiger partial charge in [-0.05, 0) is 31.2 Å². The average Bonchev–Trinajstić information content (AvgIpc) is 2.54. The molecule has 26 heavy (non-hydrogen) atoms. The van der Waals surface area contributed by atoms with Gasteiger partial charge in [-0.3, -0.25) is 0 Å². The quantitative estimate of drug-likeness (QED) is 0.626. The molecule has 2 heterocycles. The molecule has 0 aliphatic rings. The van der Waals surface area contributed by atoms with Gasteiger partial charge in [0, 0.05) is 18.0 Å². The fourth-order valence-corrected chi connectivity index (χ4v) is 3.21. The highest BCUT2D eigenvalue weighted by molar-refractivity contribution is 7.90. The second kappa shape index (κ2) is 6.96. The Labute approximate surface area is 151 Å². The monoisotopic (exact) mass is 370 g/mol. The number of nitrogens with two attached hydrogens (primary N) is 1. The lowest BCUT2D eigenvalue weighted by Crippen LogP contribution is -2.06. The molecule has 0 saturated heterocycles. The van der Waals surface area contributed by atoms with Crippen molar-refractivity contribution in [3.8, 4) is 0 Å². The molecule has 0 amide bonds. The first kappa shape index (κ1) is 17.6. The summed E-state index contributed by atoms with van der Waals surface area (Å²) < 4.78 is 23.9. The number of anilines is 5. The molecule has 0 aliphatic carbocycles. The summed E-state index contributed by atoms with van der Waals surface area (Å²) >= 11 is 0. The molecule has 0 radical (unpaired) electrons. The fourth-order valence-electron chi connectivity index (χ4n) is 2.37. The summed E-state index contributed by atoms with van der Waals surface area (Å²) in [6.45, 7) is 1.88. The lowest BCUT2D eigenvalue weighted by atomic mass is 10.3. The Morgan fingerprint density at radius 1 is 0.885 bits per heavy atom. The third-order valence-corrected chi connectivity index (χ3v) is 4.59. The highest BCUT2D eigenvalue weighted by atomic mass is 32.2. The molecule has 0 unspecified atom stereocenters. The normalized spacial score (nSPS) is 11.2. The fraction of sp³-hybridized carbons (Fsp3) is 0.118. The maximum atomic E-state index is 11.9. The number of nitrogens with one attached hydrogen (secondary N) is 2. The van der Waals surface area contributed by atoms with Gasteiger partial charge in [-0.1, -0.05) is 18.2 Å². The van der Waals surface area contributed by atoms with E-state index < -0.39 is 9.84 Å². The number of para-hydroxylation sites is 1. The molecule has 4 N–H and O–H groups in total. The van der Waals surface area contributed by atoms with Crippen molar-refractivity contribution in [1.82, 2.24) is 15.0 Å². The van der Waals surface area contributed by atoms with Crippen molar-refractivity contribution in [3.05, 3.63) is 54.2 Å². The van der Waals surface area contributed by atoms with E-state index in [2.05, 4.69) is 25.6 Å². The van der Waals surface area contributed by atoms with Crippen molar-refractivity contribution in [2.45, 2.75) is 11.8 Å². The molecule has 0 spiro atoms. The van der Waals surface area contributed by atoms with Crippen molar-refractivity contribution < 1.29 is 8.42 Å². The van der Waals surface area contributed by atoms with Crippen molar-refractivity contribution in [1.29, 1.82) is 0 Å². The molecule has 0 atom stereocenters. The van der Waals surface area contributed by atoms with E-state index in [4.69, 9.17) is 5.73 Å². The summed E-state index contributed by atoms with van der Waals surface area (Å²) in [6.07, 6.45) is 1.15. The zero-order valence-corrected chi connectivity index (χ0v) is 15.1. The number of hydrogen-bond donors (Lipinski definition) is 3. The molecular formula is C17H18N6O2S. The zero-order valence-electron chi connectivity index (χ0n) is 14.3. The molecule has 3 aromatic rings. The van der Waals surface area contributed by atoms with Crippen molar-refractivity contribution in [2.24, 2.45) is 0 Å². The lowest BCUT2D eigenvalue weighted by molar-refractivity contribution is 0.602. The Balaban J connectivity index is 1.92. The van der Waals surface area contributed by atoms with Gasteiger partial charge < -0.3 is 16.4 Å².